The molecule has 2 heteroatoms. The van der Waals surface area contributed by atoms with Gasteiger partial charge in [0.25, 0.3) is 0 Å². The van der Waals surface area contributed by atoms with Gasteiger partial charge in [-0.2, -0.15) is 0 Å². The lowest BCUT2D eigenvalue weighted by Gasteiger charge is -2.10. The first kappa shape index (κ1) is 11.6. The smallest absolute Gasteiger partial charge is 0.127 e. The van der Waals surface area contributed by atoms with Gasteiger partial charge in [0.2, 0.25) is 0 Å². The van der Waals surface area contributed by atoms with Crippen LogP contribution in [0.4, 0.5) is 5.69 Å². The quantitative estimate of drug-likeness (QED) is 0.712. The number of benzene rings is 3. The highest BCUT2D eigenvalue weighted by atomic mass is 16.5. The topological polar surface area (TPSA) is 35.2 Å². The Morgan fingerprint density at radius 2 is 1.53 bits per heavy atom. The number of hydrogen-bond acceptors (Lipinski definition) is 2. The van der Waals surface area contributed by atoms with Gasteiger partial charge in [0.15, 0.2) is 0 Å². The van der Waals surface area contributed by atoms with Crippen molar-refractivity contribution in [1.29, 1.82) is 0 Å². The number of ether oxygens (including phenoxy) is 1. The van der Waals surface area contributed by atoms with Gasteiger partial charge in [-0.15, -0.1) is 0 Å². The summed E-state index contributed by atoms with van der Waals surface area (Å²) in [7, 11) is 0. The highest BCUT2D eigenvalue weighted by Gasteiger charge is 2.03. The fourth-order valence-corrected chi connectivity index (χ4v) is 2.14. The van der Waals surface area contributed by atoms with E-state index in [-0.39, 0.29) is 0 Å². The molecule has 19 heavy (non-hydrogen) atoms. The van der Waals surface area contributed by atoms with E-state index in [2.05, 4.69) is 18.2 Å². The second-order valence-corrected chi connectivity index (χ2v) is 4.46. The summed E-state index contributed by atoms with van der Waals surface area (Å²) >= 11 is 0. The molecule has 0 heterocycles. The normalized spacial score (nSPS) is 10.5. The number of fused-ring (bicyclic) bond motifs is 1. The Morgan fingerprint density at radius 1 is 0.789 bits per heavy atom. The molecule has 0 aliphatic carbocycles. The van der Waals surface area contributed by atoms with E-state index >= 15 is 0 Å². The zero-order chi connectivity index (χ0) is 13.1. The van der Waals surface area contributed by atoms with Crippen LogP contribution in [0.2, 0.25) is 0 Å². The average molecular weight is 249 g/mol. The van der Waals surface area contributed by atoms with Crippen molar-refractivity contribution in [2.24, 2.45) is 0 Å². The summed E-state index contributed by atoms with van der Waals surface area (Å²) in [6.45, 7) is 0.487. The molecule has 0 bridgehead atoms. The maximum atomic E-state index is 5.92. The molecule has 0 aromatic heterocycles. The number of nitrogens with two attached hydrogens (primary N) is 1. The van der Waals surface area contributed by atoms with Gasteiger partial charge in [0, 0.05) is 16.6 Å². The van der Waals surface area contributed by atoms with E-state index in [1.165, 1.54) is 5.39 Å². The molecule has 0 saturated carbocycles. The molecule has 0 fully saturated rings. The maximum absolute atomic E-state index is 5.92. The van der Waals surface area contributed by atoms with Crippen molar-refractivity contribution in [2.45, 2.75) is 6.61 Å². The summed E-state index contributed by atoms with van der Waals surface area (Å²) in [6.07, 6.45) is 0. The van der Waals surface area contributed by atoms with Crippen molar-refractivity contribution in [3.05, 3.63) is 72.3 Å². The molecule has 0 spiro atoms. The lowest BCUT2D eigenvalue weighted by Crippen LogP contribution is -2.00. The highest BCUT2D eigenvalue weighted by molar-refractivity contribution is 5.88. The van der Waals surface area contributed by atoms with Crippen molar-refractivity contribution >= 4 is 16.5 Å². The number of rotatable bonds is 3. The van der Waals surface area contributed by atoms with Crippen LogP contribution in [0.5, 0.6) is 5.75 Å². The predicted octanol–water partition coefficient (Wildman–Crippen LogP) is 4.00. The Labute approximate surface area is 112 Å². The molecule has 94 valence electrons. The number of para-hydroxylation sites is 1. The van der Waals surface area contributed by atoms with Gasteiger partial charge < -0.3 is 10.5 Å². The Balaban J connectivity index is 1.88. The minimum Gasteiger partial charge on any atom is -0.488 e. The Bertz CT molecular complexity index is 701. The van der Waals surface area contributed by atoms with E-state index in [4.69, 9.17) is 10.5 Å². The van der Waals surface area contributed by atoms with Crippen LogP contribution in [0.15, 0.2) is 66.7 Å². The van der Waals surface area contributed by atoms with Crippen molar-refractivity contribution in [2.75, 3.05) is 5.73 Å². The first-order chi connectivity index (χ1) is 9.34. The second kappa shape index (κ2) is 5.02. The summed E-state index contributed by atoms with van der Waals surface area (Å²) < 4.78 is 5.91. The van der Waals surface area contributed by atoms with Crippen molar-refractivity contribution in [3.8, 4) is 5.75 Å². The van der Waals surface area contributed by atoms with Gasteiger partial charge in [0.05, 0.1) is 0 Å². The summed E-state index contributed by atoms with van der Waals surface area (Å²) in [5, 5.41) is 2.31. The molecule has 0 unspecified atom stereocenters. The first-order valence-corrected chi connectivity index (χ1v) is 6.28. The minimum absolute atomic E-state index is 0.487. The van der Waals surface area contributed by atoms with Gasteiger partial charge >= 0.3 is 0 Å². The molecule has 0 atom stereocenters. The second-order valence-electron chi connectivity index (χ2n) is 4.46. The van der Waals surface area contributed by atoms with E-state index < -0.39 is 0 Å². The van der Waals surface area contributed by atoms with Gasteiger partial charge in [-0.1, -0.05) is 54.6 Å². The first-order valence-electron chi connectivity index (χ1n) is 6.28. The molecular formula is C17H15NO. The average Bonchev–Trinajstić information content (AvgIpc) is 2.46. The minimum atomic E-state index is 0.487. The molecule has 0 saturated heterocycles. The van der Waals surface area contributed by atoms with Crippen LogP contribution in [0.3, 0.4) is 0 Å². The van der Waals surface area contributed by atoms with Crippen LogP contribution in [-0.2, 0) is 6.61 Å². The Kier molecular flexibility index (Phi) is 3.07. The molecular weight excluding hydrogens is 234 g/mol. The fourth-order valence-electron chi connectivity index (χ4n) is 2.14. The van der Waals surface area contributed by atoms with Crippen LogP contribution in [0.1, 0.15) is 5.56 Å². The predicted molar refractivity (Wildman–Crippen MR) is 79.1 cm³/mol. The summed E-state index contributed by atoms with van der Waals surface area (Å²) in [5.74, 6) is 0.890. The molecule has 3 aromatic rings. The van der Waals surface area contributed by atoms with Gasteiger partial charge in [0.1, 0.15) is 12.4 Å². The van der Waals surface area contributed by atoms with Gasteiger partial charge in [-0.3, -0.25) is 0 Å². The van der Waals surface area contributed by atoms with Crippen LogP contribution in [0, 0.1) is 0 Å². The van der Waals surface area contributed by atoms with Crippen LogP contribution < -0.4 is 10.5 Å². The lowest BCUT2D eigenvalue weighted by atomic mass is 10.1. The summed E-state index contributed by atoms with van der Waals surface area (Å²) in [5.41, 5.74) is 7.69. The SMILES string of the molecule is Nc1ccccc1COc1cccc2ccccc12. The Morgan fingerprint density at radius 3 is 2.42 bits per heavy atom. The van der Waals surface area contributed by atoms with E-state index in [1.54, 1.807) is 0 Å². The maximum Gasteiger partial charge on any atom is 0.127 e. The molecule has 0 amide bonds. The van der Waals surface area contributed by atoms with Crippen molar-refractivity contribution < 1.29 is 4.74 Å². The van der Waals surface area contributed by atoms with E-state index in [9.17, 15) is 0 Å². The monoisotopic (exact) mass is 249 g/mol. The zero-order valence-electron chi connectivity index (χ0n) is 10.5. The van der Waals surface area contributed by atoms with Crippen molar-refractivity contribution in [1.82, 2.24) is 0 Å². The molecule has 0 radical (unpaired) electrons. The largest absolute Gasteiger partial charge is 0.488 e. The summed E-state index contributed by atoms with van der Waals surface area (Å²) in [4.78, 5) is 0. The van der Waals surface area contributed by atoms with Crippen LogP contribution >= 0.6 is 0 Å². The van der Waals surface area contributed by atoms with Crippen LogP contribution in [0.25, 0.3) is 10.8 Å². The standard InChI is InChI=1S/C17H15NO/c18-16-10-4-2-7-14(16)12-19-17-11-5-8-13-6-1-3-9-15(13)17/h1-11H,12,18H2. The molecule has 0 aliphatic heterocycles. The zero-order valence-corrected chi connectivity index (χ0v) is 10.5. The third-order valence-electron chi connectivity index (χ3n) is 3.19. The van der Waals surface area contributed by atoms with Gasteiger partial charge in [-0.05, 0) is 17.5 Å². The molecule has 3 rings (SSSR count). The number of hydrogen-bond donors (Lipinski definition) is 1. The Hall–Kier alpha value is -2.48. The van der Waals surface area contributed by atoms with Gasteiger partial charge in [-0.25, -0.2) is 0 Å². The lowest BCUT2D eigenvalue weighted by molar-refractivity contribution is 0.311. The summed E-state index contributed by atoms with van der Waals surface area (Å²) in [6, 6.07) is 22.1. The highest BCUT2D eigenvalue weighted by Crippen LogP contribution is 2.26. The third-order valence-corrected chi connectivity index (χ3v) is 3.19. The van der Waals surface area contributed by atoms with E-state index in [0.29, 0.717) is 6.61 Å². The van der Waals surface area contributed by atoms with Crippen molar-refractivity contribution in [3.63, 3.8) is 0 Å². The third kappa shape index (κ3) is 2.38. The molecule has 0 aliphatic rings. The fraction of sp³-hybridized carbons (Fsp3) is 0.0588. The van der Waals surface area contributed by atoms with Crippen LogP contribution in [-0.4, -0.2) is 0 Å². The number of nitrogen functional groups attached to an aromatic ring is 1. The van der Waals surface area contributed by atoms with E-state index in [0.717, 1.165) is 22.4 Å². The molecule has 2 nitrogen and oxygen atoms in total. The van der Waals surface area contributed by atoms with E-state index in [1.807, 2.05) is 48.5 Å². The number of anilines is 1. The molecule has 3 aromatic carbocycles. The molecule has 2 N–H and O–H groups in total.